The maximum Gasteiger partial charge on any atom is 0.319 e. The number of rotatable bonds is 7. The molecule has 3 rings (SSSR count). The Labute approximate surface area is 144 Å². The van der Waals surface area contributed by atoms with Crippen molar-refractivity contribution in [1.29, 1.82) is 0 Å². The highest BCUT2D eigenvalue weighted by Gasteiger charge is 2.59. The Balaban J connectivity index is 1.57. The van der Waals surface area contributed by atoms with Gasteiger partial charge in [0.1, 0.15) is 0 Å². The third-order valence-corrected chi connectivity index (χ3v) is 5.47. The number of anilines is 1. The van der Waals surface area contributed by atoms with Crippen molar-refractivity contribution >= 4 is 11.7 Å². The van der Waals surface area contributed by atoms with E-state index in [0.717, 1.165) is 37.1 Å². The molecule has 0 saturated heterocycles. The first kappa shape index (κ1) is 17.2. The van der Waals surface area contributed by atoms with Gasteiger partial charge in [-0.2, -0.15) is 0 Å². The minimum atomic E-state index is -0.134. The lowest BCUT2D eigenvalue weighted by molar-refractivity contribution is -0.169. The molecule has 2 N–H and O–H groups in total. The molecule has 5 nitrogen and oxygen atoms in total. The Kier molecular flexibility index (Phi) is 5.41. The maximum absolute atomic E-state index is 12.4. The molecule has 0 aromatic heterocycles. The number of amides is 2. The number of carbonyl (C=O) groups excluding carboxylic acids is 1. The zero-order valence-electron chi connectivity index (χ0n) is 14.6. The van der Waals surface area contributed by atoms with E-state index in [4.69, 9.17) is 9.47 Å². The molecular formula is C19H28N2O3. The summed E-state index contributed by atoms with van der Waals surface area (Å²) < 4.78 is 11.3. The molecule has 0 heterocycles. The minimum absolute atomic E-state index is 0.134. The third-order valence-electron chi connectivity index (χ3n) is 5.47. The van der Waals surface area contributed by atoms with Crippen LogP contribution in [0.15, 0.2) is 24.3 Å². The van der Waals surface area contributed by atoms with Crippen LogP contribution in [-0.4, -0.2) is 31.4 Å². The van der Waals surface area contributed by atoms with E-state index in [-0.39, 0.29) is 17.5 Å². The van der Waals surface area contributed by atoms with Crippen molar-refractivity contribution in [2.24, 2.45) is 5.41 Å². The molecule has 2 aliphatic rings. The molecule has 132 valence electrons. The fraction of sp³-hybridized carbons (Fsp3) is 0.632. The van der Waals surface area contributed by atoms with E-state index in [2.05, 4.69) is 10.6 Å². The van der Waals surface area contributed by atoms with Crippen molar-refractivity contribution in [3.05, 3.63) is 29.8 Å². The summed E-state index contributed by atoms with van der Waals surface area (Å²) in [5.74, 6) is 0. The topological polar surface area (TPSA) is 59.6 Å². The van der Waals surface area contributed by atoms with Gasteiger partial charge in [0, 0.05) is 35.9 Å². The summed E-state index contributed by atoms with van der Waals surface area (Å²) in [7, 11) is 0. The summed E-state index contributed by atoms with van der Waals surface area (Å²) in [6.45, 7) is 5.91. The van der Waals surface area contributed by atoms with Crippen LogP contribution in [0.2, 0.25) is 0 Å². The minimum Gasteiger partial charge on any atom is -0.378 e. The van der Waals surface area contributed by atoms with Gasteiger partial charge >= 0.3 is 6.03 Å². The van der Waals surface area contributed by atoms with Crippen molar-refractivity contribution in [1.82, 2.24) is 5.32 Å². The summed E-state index contributed by atoms with van der Waals surface area (Å²) in [6.07, 6.45) is 4.78. The molecular weight excluding hydrogens is 304 g/mol. The molecule has 2 saturated carbocycles. The van der Waals surface area contributed by atoms with E-state index < -0.39 is 0 Å². The van der Waals surface area contributed by atoms with Crippen LogP contribution in [0.25, 0.3) is 0 Å². The first-order chi connectivity index (χ1) is 11.7. The average Bonchev–Trinajstić information content (AvgIpc) is 2.51. The highest BCUT2D eigenvalue weighted by atomic mass is 16.5. The number of ether oxygens (including phenoxy) is 2. The van der Waals surface area contributed by atoms with Gasteiger partial charge in [0.05, 0.1) is 12.7 Å². The van der Waals surface area contributed by atoms with Crippen LogP contribution in [0.4, 0.5) is 10.5 Å². The SMILES string of the molecule is CCOCc1ccccc1NC(=O)N[C@H]1C[C@H](OCC)C12CCC2. The Morgan fingerprint density at radius 2 is 2.04 bits per heavy atom. The number of benzene rings is 1. The van der Waals surface area contributed by atoms with E-state index in [1.165, 1.54) is 6.42 Å². The quantitative estimate of drug-likeness (QED) is 0.800. The second-order valence-electron chi connectivity index (χ2n) is 6.71. The van der Waals surface area contributed by atoms with Crippen LogP contribution >= 0.6 is 0 Å². The smallest absolute Gasteiger partial charge is 0.319 e. The summed E-state index contributed by atoms with van der Waals surface area (Å²) >= 11 is 0. The molecule has 2 atom stereocenters. The van der Waals surface area contributed by atoms with Gasteiger partial charge in [0.15, 0.2) is 0 Å². The molecule has 1 spiro atoms. The summed E-state index contributed by atoms with van der Waals surface area (Å²) in [6, 6.07) is 7.86. The van der Waals surface area contributed by atoms with Gasteiger partial charge in [-0.1, -0.05) is 24.6 Å². The van der Waals surface area contributed by atoms with E-state index in [1.807, 2.05) is 38.1 Å². The molecule has 0 bridgehead atoms. The highest BCUT2D eigenvalue weighted by Crippen LogP contribution is 2.57. The summed E-state index contributed by atoms with van der Waals surface area (Å²) in [4.78, 5) is 12.4. The van der Waals surface area contributed by atoms with Crippen LogP contribution in [0, 0.1) is 5.41 Å². The van der Waals surface area contributed by atoms with Crippen molar-refractivity contribution in [3.8, 4) is 0 Å². The van der Waals surface area contributed by atoms with Crippen LogP contribution in [-0.2, 0) is 16.1 Å². The van der Waals surface area contributed by atoms with Crippen molar-refractivity contribution in [2.75, 3.05) is 18.5 Å². The average molecular weight is 332 g/mol. The second kappa shape index (κ2) is 7.53. The van der Waals surface area contributed by atoms with Crippen LogP contribution in [0.1, 0.15) is 45.1 Å². The number of hydrogen-bond acceptors (Lipinski definition) is 3. The maximum atomic E-state index is 12.4. The highest BCUT2D eigenvalue weighted by molar-refractivity contribution is 5.90. The van der Waals surface area contributed by atoms with Gasteiger partial charge < -0.3 is 20.1 Å². The molecule has 0 unspecified atom stereocenters. The predicted molar refractivity (Wildman–Crippen MR) is 94.0 cm³/mol. The number of urea groups is 1. The lowest BCUT2D eigenvalue weighted by atomic mass is 9.51. The molecule has 2 aliphatic carbocycles. The first-order valence-electron chi connectivity index (χ1n) is 9.04. The number of nitrogens with one attached hydrogen (secondary N) is 2. The van der Waals surface area contributed by atoms with Crippen molar-refractivity contribution in [3.63, 3.8) is 0 Å². The molecule has 0 radical (unpaired) electrons. The standard InChI is InChI=1S/C19H28N2O3/c1-3-23-13-14-8-5-6-9-15(14)20-18(22)21-16-12-17(24-4-2)19(16)10-7-11-19/h5-6,8-9,16-17H,3-4,7,10-13H2,1-2H3,(H2,20,21,22)/t16-,17-/m0/s1. The molecule has 0 aliphatic heterocycles. The Morgan fingerprint density at radius 1 is 1.25 bits per heavy atom. The van der Waals surface area contributed by atoms with Crippen molar-refractivity contribution < 1.29 is 14.3 Å². The Bertz CT molecular complexity index is 571. The molecule has 24 heavy (non-hydrogen) atoms. The lowest BCUT2D eigenvalue weighted by Crippen LogP contribution is -2.68. The lowest BCUT2D eigenvalue weighted by Gasteiger charge is -2.60. The zero-order chi connectivity index (χ0) is 17.0. The fourth-order valence-electron chi connectivity index (χ4n) is 3.94. The van der Waals surface area contributed by atoms with E-state index in [0.29, 0.717) is 19.3 Å². The molecule has 1 aromatic rings. The summed E-state index contributed by atoms with van der Waals surface area (Å²) in [5, 5.41) is 6.14. The van der Waals surface area contributed by atoms with Gasteiger partial charge in [-0.15, -0.1) is 0 Å². The normalized spacial score (nSPS) is 24.1. The summed E-state index contributed by atoms with van der Waals surface area (Å²) in [5.41, 5.74) is 1.98. The van der Waals surface area contributed by atoms with Gasteiger partial charge in [-0.25, -0.2) is 4.79 Å². The number of para-hydroxylation sites is 1. The van der Waals surface area contributed by atoms with Crippen LogP contribution < -0.4 is 10.6 Å². The monoisotopic (exact) mass is 332 g/mol. The van der Waals surface area contributed by atoms with Gasteiger partial charge in [-0.3, -0.25) is 0 Å². The molecule has 1 aromatic carbocycles. The number of carbonyl (C=O) groups is 1. The van der Waals surface area contributed by atoms with E-state index >= 15 is 0 Å². The van der Waals surface area contributed by atoms with E-state index in [9.17, 15) is 4.79 Å². The Morgan fingerprint density at radius 3 is 2.71 bits per heavy atom. The van der Waals surface area contributed by atoms with Crippen molar-refractivity contribution in [2.45, 2.75) is 58.3 Å². The second-order valence-corrected chi connectivity index (χ2v) is 6.71. The van der Waals surface area contributed by atoms with Gasteiger partial charge in [0.2, 0.25) is 0 Å². The third kappa shape index (κ3) is 3.28. The fourth-order valence-corrected chi connectivity index (χ4v) is 3.94. The van der Waals surface area contributed by atoms with E-state index in [1.54, 1.807) is 0 Å². The molecule has 5 heteroatoms. The molecule has 2 amide bonds. The van der Waals surface area contributed by atoms with Gasteiger partial charge in [-0.05, 0) is 39.2 Å². The first-order valence-corrected chi connectivity index (χ1v) is 9.04. The Hall–Kier alpha value is -1.59. The molecule has 2 fully saturated rings. The largest absolute Gasteiger partial charge is 0.378 e. The van der Waals surface area contributed by atoms with Crippen LogP contribution in [0.3, 0.4) is 0 Å². The zero-order valence-corrected chi connectivity index (χ0v) is 14.6. The van der Waals surface area contributed by atoms with Gasteiger partial charge in [0.25, 0.3) is 0 Å². The predicted octanol–water partition coefficient (Wildman–Crippen LogP) is 3.69. The van der Waals surface area contributed by atoms with Crippen LogP contribution in [0.5, 0.6) is 0 Å². The number of hydrogen-bond donors (Lipinski definition) is 2.